The van der Waals surface area contributed by atoms with Crippen molar-refractivity contribution in [1.82, 2.24) is 10.2 Å². The Morgan fingerprint density at radius 3 is 2.37 bits per heavy atom. The van der Waals surface area contributed by atoms with Gasteiger partial charge in [0.25, 0.3) is 0 Å². The van der Waals surface area contributed by atoms with Gasteiger partial charge in [0.2, 0.25) is 11.8 Å². The van der Waals surface area contributed by atoms with E-state index in [1.165, 1.54) is 0 Å². The molecule has 0 saturated carbocycles. The van der Waals surface area contributed by atoms with Gasteiger partial charge in [-0.15, -0.1) is 0 Å². The molecule has 1 N–H and O–H groups in total. The van der Waals surface area contributed by atoms with Crippen molar-refractivity contribution in [2.75, 3.05) is 18.1 Å². The molecule has 1 heterocycles. The number of carbonyl (C=O) groups excluding carboxylic acids is 2. The lowest BCUT2D eigenvalue weighted by molar-refractivity contribution is -0.152. The Hall–Kier alpha value is -0.710. The van der Waals surface area contributed by atoms with Crippen LogP contribution >= 0.6 is 11.8 Å². The highest BCUT2D eigenvalue weighted by Crippen LogP contribution is 2.26. The molecular weight excluding hydrogens is 260 g/mol. The van der Waals surface area contributed by atoms with Gasteiger partial charge in [0.1, 0.15) is 12.1 Å². The Kier molecular flexibility index (Phi) is 5.71. The normalized spacial score (nSPS) is 24.6. The van der Waals surface area contributed by atoms with Crippen LogP contribution in [0.3, 0.4) is 0 Å². The van der Waals surface area contributed by atoms with E-state index in [9.17, 15) is 9.59 Å². The fourth-order valence-corrected chi connectivity index (χ4v) is 2.94. The van der Waals surface area contributed by atoms with E-state index in [0.29, 0.717) is 13.0 Å². The molecule has 0 spiro atoms. The molecule has 110 valence electrons. The molecule has 0 aromatic rings. The maximum atomic E-state index is 12.6. The minimum Gasteiger partial charge on any atom is -0.342 e. The lowest BCUT2D eigenvalue weighted by Gasteiger charge is -2.43. The highest BCUT2D eigenvalue weighted by Gasteiger charge is 2.44. The fourth-order valence-electron chi connectivity index (χ4n) is 2.33. The SMILES string of the molecule is CCSCCN1C(=O)C(C(C)(C)C)NC(=O)C1CC. The van der Waals surface area contributed by atoms with Gasteiger partial charge >= 0.3 is 0 Å². The van der Waals surface area contributed by atoms with Crippen LogP contribution in [-0.2, 0) is 9.59 Å². The smallest absolute Gasteiger partial charge is 0.246 e. The minimum atomic E-state index is -0.408. The van der Waals surface area contributed by atoms with Crippen molar-refractivity contribution in [1.29, 1.82) is 0 Å². The zero-order valence-corrected chi connectivity index (χ0v) is 13.5. The molecule has 1 aliphatic heterocycles. The van der Waals surface area contributed by atoms with Crippen LogP contribution in [0.2, 0.25) is 0 Å². The van der Waals surface area contributed by atoms with Crippen LogP contribution in [0, 0.1) is 5.41 Å². The first kappa shape index (κ1) is 16.3. The molecule has 5 heteroatoms. The van der Waals surface area contributed by atoms with Crippen LogP contribution in [0.4, 0.5) is 0 Å². The number of thioether (sulfide) groups is 1. The second kappa shape index (κ2) is 6.64. The average molecular weight is 286 g/mol. The summed E-state index contributed by atoms with van der Waals surface area (Å²) in [7, 11) is 0. The second-order valence-electron chi connectivity index (χ2n) is 5.96. The van der Waals surface area contributed by atoms with Gasteiger partial charge in [0, 0.05) is 12.3 Å². The van der Waals surface area contributed by atoms with Crippen molar-refractivity contribution in [2.24, 2.45) is 5.41 Å². The first-order valence-electron chi connectivity index (χ1n) is 7.01. The summed E-state index contributed by atoms with van der Waals surface area (Å²) in [6.45, 7) is 10.7. The molecule has 0 radical (unpaired) electrons. The van der Waals surface area contributed by atoms with Crippen molar-refractivity contribution in [3.05, 3.63) is 0 Å². The van der Waals surface area contributed by atoms with Crippen LogP contribution < -0.4 is 5.32 Å². The zero-order chi connectivity index (χ0) is 14.6. The standard InChI is InChI=1S/C14H26N2O2S/c1-6-10-12(17)15-11(14(3,4)5)13(18)16(10)8-9-19-7-2/h10-11H,6-9H2,1-5H3,(H,15,17). The van der Waals surface area contributed by atoms with Gasteiger partial charge in [-0.2, -0.15) is 11.8 Å². The van der Waals surface area contributed by atoms with Crippen molar-refractivity contribution in [3.8, 4) is 0 Å². The van der Waals surface area contributed by atoms with Gasteiger partial charge in [0.15, 0.2) is 0 Å². The quantitative estimate of drug-likeness (QED) is 0.785. The summed E-state index contributed by atoms with van der Waals surface area (Å²) >= 11 is 1.80. The minimum absolute atomic E-state index is 0.0106. The molecule has 0 bridgehead atoms. The summed E-state index contributed by atoms with van der Waals surface area (Å²) in [5, 5.41) is 2.89. The highest BCUT2D eigenvalue weighted by molar-refractivity contribution is 7.99. The van der Waals surface area contributed by atoms with Gasteiger partial charge < -0.3 is 10.2 Å². The Labute approximate surface area is 120 Å². The number of carbonyl (C=O) groups is 2. The summed E-state index contributed by atoms with van der Waals surface area (Å²) < 4.78 is 0. The largest absolute Gasteiger partial charge is 0.342 e. The zero-order valence-electron chi connectivity index (χ0n) is 12.7. The van der Waals surface area contributed by atoms with Gasteiger partial charge in [-0.3, -0.25) is 9.59 Å². The fraction of sp³-hybridized carbons (Fsp3) is 0.857. The monoisotopic (exact) mass is 286 g/mol. The molecule has 2 unspecified atom stereocenters. The van der Waals surface area contributed by atoms with E-state index < -0.39 is 6.04 Å². The van der Waals surface area contributed by atoms with E-state index >= 15 is 0 Å². The molecule has 19 heavy (non-hydrogen) atoms. The summed E-state index contributed by atoms with van der Waals surface area (Å²) in [6.07, 6.45) is 0.672. The number of nitrogens with one attached hydrogen (secondary N) is 1. The second-order valence-corrected chi connectivity index (χ2v) is 7.35. The third-order valence-corrected chi connectivity index (χ3v) is 4.31. The average Bonchev–Trinajstić information content (AvgIpc) is 2.32. The lowest BCUT2D eigenvalue weighted by Crippen LogP contribution is -2.66. The summed E-state index contributed by atoms with van der Waals surface area (Å²) in [6, 6.07) is -0.710. The topological polar surface area (TPSA) is 49.4 Å². The third kappa shape index (κ3) is 3.88. The van der Waals surface area contributed by atoms with Crippen LogP contribution in [0.15, 0.2) is 0 Å². The van der Waals surface area contributed by atoms with Crippen LogP contribution in [0.5, 0.6) is 0 Å². The first-order valence-corrected chi connectivity index (χ1v) is 8.17. The molecule has 0 aromatic heterocycles. The number of piperazine rings is 1. The van der Waals surface area contributed by atoms with Crippen molar-refractivity contribution >= 4 is 23.6 Å². The molecule has 0 aliphatic carbocycles. The number of nitrogens with zero attached hydrogens (tertiary/aromatic N) is 1. The van der Waals surface area contributed by atoms with Crippen molar-refractivity contribution in [3.63, 3.8) is 0 Å². The van der Waals surface area contributed by atoms with E-state index in [1.54, 1.807) is 16.7 Å². The van der Waals surface area contributed by atoms with Gasteiger partial charge in [-0.05, 0) is 17.6 Å². The van der Waals surface area contributed by atoms with Gasteiger partial charge in [-0.1, -0.05) is 34.6 Å². The molecule has 2 amide bonds. The van der Waals surface area contributed by atoms with E-state index in [1.807, 2.05) is 27.7 Å². The number of rotatable bonds is 5. The maximum absolute atomic E-state index is 12.6. The summed E-state index contributed by atoms with van der Waals surface area (Å²) in [5.41, 5.74) is -0.248. The molecule has 1 rings (SSSR count). The lowest BCUT2D eigenvalue weighted by atomic mass is 9.83. The predicted octanol–water partition coefficient (Wildman–Crippen LogP) is 1.89. The molecule has 2 atom stereocenters. The summed E-state index contributed by atoms with van der Waals surface area (Å²) in [5.74, 6) is 1.98. The van der Waals surface area contributed by atoms with Gasteiger partial charge in [0.05, 0.1) is 0 Å². The Morgan fingerprint density at radius 1 is 1.26 bits per heavy atom. The molecular formula is C14H26N2O2S. The Balaban J connectivity index is 2.86. The van der Waals surface area contributed by atoms with E-state index in [4.69, 9.17) is 0 Å². The summed E-state index contributed by atoms with van der Waals surface area (Å²) in [4.78, 5) is 26.5. The van der Waals surface area contributed by atoms with Crippen molar-refractivity contribution in [2.45, 2.75) is 53.1 Å². The van der Waals surface area contributed by atoms with Crippen LogP contribution in [-0.4, -0.2) is 46.8 Å². The van der Waals surface area contributed by atoms with E-state index in [2.05, 4.69) is 12.2 Å². The predicted molar refractivity (Wildman–Crippen MR) is 80.2 cm³/mol. The van der Waals surface area contributed by atoms with E-state index in [0.717, 1.165) is 11.5 Å². The number of hydrogen-bond donors (Lipinski definition) is 1. The van der Waals surface area contributed by atoms with Crippen LogP contribution in [0.25, 0.3) is 0 Å². The molecule has 4 nitrogen and oxygen atoms in total. The van der Waals surface area contributed by atoms with Crippen LogP contribution in [0.1, 0.15) is 41.0 Å². The third-order valence-electron chi connectivity index (χ3n) is 3.43. The Morgan fingerprint density at radius 2 is 1.89 bits per heavy atom. The molecule has 1 aliphatic rings. The Bertz CT molecular complexity index is 339. The highest BCUT2D eigenvalue weighted by atomic mass is 32.2. The van der Waals surface area contributed by atoms with E-state index in [-0.39, 0.29) is 23.3 Å². The van der Waals surface area contributed by atoms with Crippen molar-refractivity contribution < 1.29 is 9.59 Å². The molecule has 1 fully saturated rings. The van der Waals surface area contributed by atoms with Gasteiger partial charge in [-0.25, -0.2) is 0 Å². The number of amides is 2. The maximum Gasteiger partial charge on any atom is 0.246 e. The first-order chi connectivity index (χ1) is 8.82. The number of hydrogen-bond acceptors (Lipinski definition) is 3. The molecule has 0 aromatic carbocycles. The molecule has 1 saturated heterocycles.